The Kier molecular flexibility index (Phi) is 4.70. The molecule has 1 aliphatic heterocycles. The summed E-state index contributed by atoms with van der Waals surface area (Å²) in [7, 11) is 0. The summed E-state index contributed by atoms with van der Waals surface area (Å²) in [5, 5.41) is 17.4. The minimum absolute atomic E-state index is 0.0293. The zero-order chi connectivity index (χ0) is 14.8. The van der Waals surface area contributed by atoms with Gasteiger partial charge >= 0.3 is 0 Å². The molecule has 3 heterocycles. The van der Waals surface area contributed by atoms with Crippen molar-refractivity contribution < 1.29 is 14.3 Å². The van der Waals surface area contributed by atoms with E-state index in [1.165, 1.54) is 0 Å². The van der Waals surface area contributed by atoms with E-state index in [2.05, 4.69) is 38.0 Å². The Balaban J connectivity index is 1.69. The number of halogens is 1. The van der Waals surface area contributed by atoms with E-state index in [0.29, 0.717) is 31.5 Å². The molecule has 0 spiro atoms. The van der Waals surface area contributed by atoms with Gasteiger partial charge in [0, 0.05) is 12.6 Å². The molecule has 1 saturated heterocycles. The summed E-state index contributed by atoms with van der Waals surface area (Å²) in [5.74, 6) is 1.13. The molecular formula is C13H16BrN3O3S. The van der Waals surface area contributed by atoms with E-state index < -0.39 is 0 Å². The lowest BCUT2D eigenvalue weighted by atomic mass is 10.2. The van der Waals surface area contributed by atoms with Gasteiger partial charge in [0.15, 0.2) is 0 Å². The first-order valence-corrected chi connectivity index (χ1v) is 8.31. The van der Waals surface area contributed by atoms with Gasteiger partial charge in [-0.1, -0.05) is 0 Å². The molecule has 2 aromatic rings. The van der Waals surface area contributed by atoms with Gasteiger partial charge in [0.25, 0.3) is 5.89 Å². The topological polar surface area (TPSA) is 71.6 Å². The van der Waals surface area contributed by atoms with Crippen molar-refractivity contribution in [1.29, 1.82) is 0 Å². The number of rotatable bonds is 4. The van der Waals surface area contributed by atoms with Crippen LogP contribution in [0.2, 0.25) is 0 Å². The first kappa shape index (κ1) is 15.1. The predicted molar refractivity (Wildman–Crippen MR) is 82.0 cm³/mol. The van der Waals surface area contributed by atoms with Crippen LogP contribution in [-0.4, -0.2) is 52.1 Å². The van der Waals surface area contributed by atoms with Crippen LogP contribution in [0.4, 0.5) is 0 Å². The van der Waals surface area contributed by atoms with Gasteiger partial charge in [0.2, 0.25) is 5.89 Å². The van der Waals surface area contributed by atoms with Crippen molar-refractivity contribution in [3.05, 3.63) is 21.8 Å². The smallest absolute Gasteiger partial charge is 0.257 e. The number of hydrogen-bond acceptors (Lipinski definition) is 7. The summed E-state index contributed by atoms with van der Waals surface area (Å²) in [6.45, 7) is 3.95. The maximum absolute atomic E-state index is 9.21. The summed E-state index contributed by atoms with van der Waals surface area (Å²) < 4.78 is 12.3. The molecule has 1 aliphatic rings. The van der Waals surface area contributed by atoms with Crippen LogP contribution in [0.25, 0.3) is 10.8 Å². The average molecular weight is 374 g/mol. The Hall–Kier alpha value is -0.800. The molecule has 8 heteroatoms. The Morgan fingerprint density at radius 2 is 2.33 bits per heavy atom. The second-order valence-corrected chi connectivity index (χ2v) is 7.48. The van der Waals surface area contributed by atoms with Gasteiger partial charge in [-0.25, -0.2) is 0 Å². The van der Waals surface area contributed by atoms with E-state index in [4.69, 9.17) is 9.15 Å². The summed E-state index contributed by atoms with van der Waals surface area (Å²) in [5.41, 5.74) is 0. The van der Waals surface area contributed by atoms with Gasteiger partial charge in [-0.05, 0) is 35.0 Å². The molecule has 0 radical (unpaired) electrons. The highest BCUT2D eigenvalue weighted by Gasteiger charge is 2.27. The van der Waals surface area contributed by atoms with Crippen molar-refractivity contribution in [2.45, 2.75) is 25.6 Å². The summed E-state index contributed by atoms with van der Waals surface area (Å²) in [6, 6.07) is 4.17. The quantitative estimate of drug-likeness (QED) is 0.884. The fourth-order valence-electron chi connectivity index (χ4n) is 2.23. The van der Waals surface area contributed by atoms with Crippen molar-refractivity contribution in [3.63, 3.8) is 0 Å². The second kappa shape index (κ2) is 6.53. The number of hydrogen-bond donors (Lipinski definition) is 1. The van der Waals surface area contributed by atoms with Gasteiger partial charge in [-0.15, -0.1) is 21.5 Å². The summed E-state index contributed by atoms with van der Waals surface area (Å²) in [4.78, 5) is 3.13. The molecular weight excluding hydrogens is 358 g/mol. The van der Waals surface area contributed by atoms with Gasteiger partial charge in [0.1, 0.15) is 0 Å². The first-order chi connectivity index (χ1) is 10.2. The summed E-state index contributed by atoms with van der Waals surface area (Å²) >= 11 is 4.98. The van der Waals surface area contributed by atoms with Crippen molar-refractivity contribution in [2.24, 2.45) is 0 Å². The zero-order valence-electron chi connectivity index (χ0n) is 11.5. The van der Waals surface area contributed by atoms with Gasteiger partial charge in [0.05, 0.1) is 34.5 Å². The van der Waals surface area contributed by atoms with Crippen molar-refractivity contribution in [3.8, 4) is 10.8 Å². The SMILES string of the molecule is CC1COC(CO)CN1Cc1nnc(-c2ccc(Br)s2)o1. The zero-order valence-corrected chi connectivity index (χ0v) is 13.9. The lowest BCUT2D eigenvalue weighted by Gasteiger charge is -2.36. The molecule has 0 saturated carbocycles. The lowest BCUT2D eigenvalue weighted by molar-refractivity contribution is -0.0823. The molecule has 0 bridgehead atoms. The highest BCUT2D eigenvalue weighted by atomic mass is 79.9. The average Bonchev–Trinajstić information content (AvgIpc) is 3.10. The largest absolute Gasteiger partial charge is 0.419 e. The highest BCUT2D eigenvalue weighted by molar-refractivity contribution is 9.11. The summed E-state index contributed by atoms with van der Waals surface area (Å²) in [6.07, 6.45) is -0.142. The van der Waals surface area contributed by atoms with Gasteiger partial charge in [-0.3, -0.25) is 4.90 Å². The van der Waals surface area contributed by atoms with Crippen molar-refractivity contribution in [1.82, 2.24) is 15.1 Å². The number of nitrogens with zero attached hydrogens (tertiary/aromatic N) is 3. The number of ether oxygens (including phenoxy) is 1. The Morgan fingerprint density at radius 3 is 3.05 bits per heavy atom. The molecule has 0 amide bonds. The standard InChI is InChI=1S/C13H16BrN3O3S/c1-8-7-19-9(6-18)4-17(8)5-12-15-16-13(20-12)10-2-3-11(14)21-10/h2-3,8-9,18H,4-7H2,1H3. The molecule has 114 valence electrons. The van der Waals surface area contributed by atoms with E-state index in [0.717, 1.165) is 8.66 Å². The van der Waals surface area contributed by atoms with Crippen molar-refractivity contribution in [2.75, 3.05) is 19.8 Å². The Labute approximate surface area is 134 Å². The van der Waals surface area contributed by atoms with E-state index in [1.807, 2.05) is 12.1 Å². The molecule has 1 N–H and O–H groups in total. The van der Waals surface area contributed by atoms with Crippen LogP contribution in [0.15, 0.2) is 20.3 Å². The normalized spacial score (nSPS) is 23.6. The van der Waals surface area contributed by atoms with Crippen LogP contribution in [0.5, 0.6) is 0 Å². The van der Waals surface area contributed by atoms with Crippen molar-refractivity contribution >= 4 is 27.3 Å². The van der Waals surface area contributed by atoms with Crippen LogP contribution < -0.4 is 0 Å². The lowest BCUT2D eigenvalue weighted by Crippen LogP contribution is -2.48. The Morgan fingerprint density at radius 1 is 1.48 bits per heavy atom. The monoisotopic (exact) mass is 373 g/mol. The first-order valence-electron chi connectivity index (χ1n) is 6.70. The highest BCUT2D eigenvalue weighted by Crippen LogP contribution is 2.30. The molecule has 2 unspecified atom stereocenters. The number of aliphatic hydroxyl groups is 1. The third-order valence-corrected chi connectivity index (χ3v) is 5.04. The fraction of sp³-hybridized carbons (Fsp3) is 0.538. The van der Waals surface area contributed by atoms with E-state index >= 15 is 0 Å². The van der Waals surface area contributed by atoms with E-state index in [9.17, 15) is 5.11 Å². The molecule has 3 rings (SSSR count). The minimum Gasteiger partial charge on any atom is -0.419 e. The number of thiophene rings is 1. The van der Waals surface area contributed by atoms with E-state index in [-0.39, 0.29) is 18.8 Å². The van der Waals surface area contributed by atoms with Gasteiger partial charge < -0.3 is 14.3 Å². The molecule has 6 nitrogen and oxygen atoms in total. The second-order valence-electron chi connectivity index (χ2n) is 5.02. The van der Waals surface area contributed by atoms with Crippen LogP contribution >= 0.6 is 27.3 Å². The minimum atomic E-state index is -0.142. The predicted octanol–water partition coefficient (Wildman–Crippen LogP) is 2.14. The third-order valence-electron chi connectivity index (χ3n) is 3.43. The molecule has 0 aliphatic carbocycles. The number of aromatic nitrogens is 2. The van der Waals surface area contributed by atoms with Crippen LogP contribution in [0.1, 0.15) is 12.8 Å². The molecule has 21 heavy (non-hydrogen) atoms. The number of morpholine rings is 1. The van der Waals surface area contributed by atoms with Gasteiger partial charge in [-0.2, -0.15) is 0 Å². The maximum atomic E-state index is 9.21. The maximum Gasteiger partial charge on any atom is 0.257 e. The van der Waals surface area contributed by atoms with Crippen LogP contribution in [0.3, 0.4) is 0 Å². The van der Waals surface area contributed by atoms with Crippen LogP contribution in [0, 0.1) is 0 Å². The van der Waals surface area contributed by atoms with E-state index in [1.54, 1.807) is 11.3 Å². The molecule has 0 aromatic carbocycles. The number of aliphatic hydroxyl groups excluding tert-OH is 1. The molecule has 2 aromatic heterocycles. The third kappa shape index (κ3) is 3.51. The fourth-order valence-corrected chi connectivity index (χ4v) is 3.53. The molecule has 2 atom stereocenters. The molecule has 1 fully saturated rings. The van der Waals surface area contributed by atoms with Crippen LogP contribution in [-0.2, 0) is 11.3 Å². The Bertz CT molecular complexity index is 603.